The third kappa shape index (κ3) is 2.76. The molecule has 100 valence electrons. The van der Waals surface area contributed by atoms with Crippen LogP contribution < -0.4 is 4.74 Å². The van der Waals surface area contributed by atoms with Gasteiger partial charge in [-0.05, 0) is 26.6 Å². The van der Waals surface area contributed by atoms with Crippen molar-refractivity contribution >= 4 is 0 Å². The lowest BCUT2D eigenvalue weighted by molar-refractivity contribution is 0.262. The minimum atomic E-state index is 0.272. The van der Waals surface area contributed by atoms with Gasteiger partial charge in [-0.2, -0.15) is 0 Å². The first-order chi connectivity index (χ1) is 8.61. The zero-order valence-electron chi connectivity index (χ0n) is 11.4. The minimum absolute atomic E-state index is 0.272. The number of hydrogen-bond acceptors (Lipinski definition) is 4. The van der Waals surface area contributed by atoms with Gasteiger partial charge in [0.05, 0.1) is 7.11 Å². The highest BCUT2D eigenvalue weighted by Crippen LogP contribution is 2.31. The Balaban J connectivity index is 2.02. The zero-order valence-corrected chi connectivity index (χ0v) is 11.4. The number of methoxy groups -OCH3 is 1. The molecule has 2 rings (SSSR count). The van der Waals surface area contributed by atoms with Gasteiger partial charge in [-0.3, -0.25) is 4.90 Å². The van der Waals surface area contributed by atoms with Crippen molar-refractivity contribution < 1.29 is 9.84 Å². The summed E-state index contributed by atoms with van der Waals surface area (Å²) in [6.07, 6.45) is 1.19. The van der Waals surface area contributed by atoms with Gasteiger partial charge in [0.15, 0.2) is 11.5 Å². The van der Waals surface area contributed by atoms with Gasteiger partial charge < -0.3 is 14.7 Å². The van der Waals surface area contributed by atoms with Gasteiger partial charge in [0.1, 0.15) is 0 Å². The molecule has 0 aromatic heterocycles. The molecule has 4 heteroatoms. The van der Waals surface area contributed by atoms with Crippen LogP contribution in [0, 0.1) is 0 Å². The van der Waals surface area contributed by atoms with Gasteiger partial charge in [0.2, 0.25) is 0 Å². The maximum Gasteiger partial charge on any atom is 0.162 e. The van der Waals surface area contributed by atoms with E-state index in [1.807, 2.05) is 12.1 Å². The third-order valence-electron chi connectivity index (χ3n) is 3.67. The van der Waals surface area contributed by atoms with Gasteiger partial charge in [-0.1, -0.05) is 12.1 Å². The Kier molecular flexibility index (Phi) is 4.09. The summed E-state index contributed by atoms with van der Waals surface area (Å²) < 4.78 is 5.13. The van der Waals surface area contributed by atoms with Crippen LogP contribution in [0.1, 0.15) is 12.0 Å². The molecule has 1 aromatic rings. The summed E-state index contributed by atoms with van der Waals surface area (Å²) in [5, 5.41) is 10.1. The zero-order chi connectivity index (χ0) is 13.1. The standard InChI is InChI=1S/C14H22N2O2/c1-15(2)12-7-8-16(10-12)9-11-5-4-6-13(18-3)14(11)17/h4-6,12,17H,7-10H2,1-3H3. The SMILES string of the molecule is COc1cccc(CN2CCC(N(C)C)C2)c1O. The van der Waals surface area contributed by atoms with Crippen molar-refractivity contribution in [2.75, 3.05) is 34.3 Å². The molecule has 0 saturated carbocycles. The van der Waals surface area contributed by atoms with E-state index in [4.69, 9.17) is 4.74 Å². The van der Waals surface area contributed by atoms with Crippen LogP contribution in [-0.4, -0.2) is 55.2 Å². The number of hydrogen-bond donors (Lipinski definition) is 1. The number of para-hydroxylation sites is 1. The van der Waals surface area contributed by atoms with E-state index in [0.29, 0.717) is 11.8 Å². The summed E-state index contributed by atoms with van der Waals surface area (Å²) in [4.78, 5) is 4.64. The van der Waals surface area contributed by atoms with Crippen molar-refractivity contribution in [1.82, 2.24) is 9.80 Å². The van der Waals surface area contributed by atoms with Crippen molar-refractivity contribution in [3.63, 3.8) is 0 Å². The number of rotatable bonds is 4. The first-order valence-electron chi connectivity index (χ1n) is 6.35. The molecule has 18 heavy (non-hydrogen) atoms. The van der Waals surface area contributed by atoms with E-state index in [0.717, 1.165) is 25.2 Å². The highest BCUT2D eigenvalue weighted by Gasteiger charge is 2.24. The van der Waals surface area contributed by atoms with Crippen molar-refractivity contribution in [2.45, 2.75) is 19.0 Å². The lowest BCUT2D eigenvalue weighted by Gasteiger charge is -2.20. The van der Waals surface area contributed by atoms with E-state index in [-0.39, 0.29) is 5.75 Å². The van der Waals surface area contributed by atoms with Crippen LogP contribution in [0.15, 0.2) is 18.2 Å². The molecule has 1 aliphatic heterocycles. The molecule has 0 bridgehead atoms. The summed E-state index contributed by atoms with van der Waals surface area (Å²) in [6.45, 7) is 2.93. The smallest absolute Gasteiger partial charge is 0.162 e. The van der Waals surface area contributed by atoms with Crippen LogP contribution >= 0.6 is 0 Å². The molecule has 1 unspecified atom stereocenters. The highest BCUT2D eigenvalue weighted by atomic mass is 16.5. The maximum absolute atomic E-state index is 10.1. The fraction of sp³-hybridized carbons (Fsp3) is 0.571. The quantitative estimate of drug-likeness (QED) is 0.879. The van der Waals surface area contributed by atoms with Gasteiger partial charge >= 0.3 is 0 Å². The predicted octanol–water partition coefficient (Wildman–Crippen LogP) is 1.54. The Labute approximate surface area is 109 Å². The molecule has 1 N–H and O–H groups in total. The molecule has 1 fully saturated rings. The number of benzene rings is 1. The van der Waals surface area contributed by atoms with Gasteiger partial charge in [-0.15, -0.1) is 0 Å². The number of likely N-dealkylation sites (tertiary alicyclic amines) is 1. The van der Waals surface area contributed by atoms with Gasteiger partial charge in [-0.25, -0.2) is 0 Å². The summed E-state index contributed by atoms with van der Waals surface area (Å²) in [7, 11) is 5.82. The fourth-order valence-corrected chi connectivity index (χ4v) is 2.48. The van der Waals surface area contributed by atoms with Crippen molar-refractivity contribution in [3.8, 4) is 11.5 Å². The minimum Gasteiger partial charge on any atom is -0.504 e. The molecule has 1 aliphatic rings. The lowest BCUT2D eigenvalue weighted by atomic mass is 10.1. The molecule has 0 spiro atoms. The largest absolute Gasteiger partial charge is 0.504 e. The maximum atomic E-state index is 10.1. The topological polar surface area (TPSA) is 35.9 Å². The highest BCUT2D eigenvalue weighted by molar-refractivity contribution is 5.45. The molecule has 0 radical (unpaired) electrons. The van der Waals surface area contributed by atoms with Crippen LogP contribution in [0.5, 0.6) is 11.5 Å². The molecule has 1 saturated heterocycles. The Morgan fingerprint density at radius 2 is 2.22 bits per heavy atom. The summed E-state index contributed by atoms with van der Waals surface area (Å²) in [5.41, 5.74) is 0.939. The van der Waals surface area contributed by atoms with Crippen LogP contribution in [0.2, 0.25) is 0 Å². The number of aromatic hydroxyl groups is 1. The summed E-state index contributed by atoms with van der Waals surface area (Å²) >= 11 is 0. The number of phenolic OH excluding ortho intramolecular Hbond substituents is 1. The second kappa shape index (κ2) is 5.59. The van der Waals surface area contributed by atoms with Crippen molar-refractivity contribution in [1.29, 1.82) is 0 Å². The second-order valence-corrected chi connectivity index (χ2v) is 5.11. The van der Waals surface area contributed by atoms with Gasteiger partial charge in [0.25, 0.3) is 0 Å². The number of phenols is 1. The molecule has 1 atom stereocenters. The Morgan fingerprint density at radius 1 is 1.44 bits per heavy atom. The summed E-state index contributed by atoms with van der Waals surface area (Å²) in [6, 6.07) is 6.29. The van der Waals surface area contributed by atoms with E-state index in [9.17, 15) is 5.11 Å². The fourth-order valence-electron chi connectivity index (χ4n) is 2.48. The Bertz CT molecular complexity index is 407. The predicted molar refractivity (Wildman–Crippen MR) is 72.0 cm³/mol. The van der Waals surface area contributed by atoms with Crippen LogP contribution in [0.25, 0.3) is 0 Å². The molecule has 4 nitrogen and oxygen atoms in total. The van der Waals surface area contributed by atoms with Crippen LogP contribution in [0.3, 0.4) is 0 Å². The average molecular weight is 250 g/mol. The molecule has 1 aromatic carbocycles. The lowest BCUT2D eigenvalue weighted by Crippen LogP contribution is -2.31. The van der Waals surface area contributed by atoms with E-state index in [2.05, 4.69) is 23.9 Å². The van der Waals surface area contributed by atoms with Crippen LogP contribution in [-0.2, 0) is 6.54 Å². The van der Waals surface area contributed by atoms with E-state index in [1.165, 1.54) is 6.42 Å². The van der Waals surface area contributed by atoms with E-state index >= 15 is 0 Å². The Hall–Kier alpha value is -1.26. The molecule has 1 heterocycles. The molecule has 0 aliphatic carbocycles. The first-order valence-corrected chi connectivity index (χ1v) is 6.35. The molecular formula is C14H22N2O2. The van der Waals surface area contributed by atoms with Crippen LogP contribution in [0.4, 0.5) is 0 Å². The van der Waals surface area contributed by atoms with Crippen molar-refractivity contribution in [2.24, 2.45) is 0 Å². The molecular weight excluding hydrogens is 228 g/mol. The van der Waals surface area contributed by atoms with Gasteiger partial charge in [0, 0.05) is 31.2 Å². The third-order valence-corrected chi connectivity index (χ3v) is 3.67. The second-order valence-electron chi connectivity index (χ2n) is 5.11. The normalized spacial score (nSPS) is 20.6. The molecule has 0 amide bonds. The summed E-state index contributed by atoms with van der Waals surface area (Å²) in [5.74, 6) is 0.823. The monoisotopic (exact) mass is 250 g/mol. The number of nitrogens with zero attached hydrogens (tertiary/aromatic N) is 2. The number of likely N-dealkylation sites (N-methyl/N-ethyl adjacent to an activating group) is 1. The Morgan fingerprint density at radius 3 is 2.83 bits per heavy atom. The van der Waals surface area contributed by atoms with E-state index in [1.54, 1.807) is 13.2 Å². The number of ether oxygens (including phenoxy) is 1. The first kappa shape index (κ1) is 13.2. The van der Waals surface area contributed by atoms with Crippen molar-refractivity contribution in [3.05, 3.63) is 23.8 Å². The van der Waals surface area contributed by atoms with E-state index < -0.39 is 0 Å². The average Bonchev–Trinajstić information content (AvgIpc) is 2.80.